The molecule has 1 aliphatic carbocycles. The number of furan rings is 1. The van der Waals surface area contributed by atoms with Gasteiger partial charge < -0.3 is 9.73 Å². The Morgan fingerprint density at radius 3 is 2.65 bits per heavy atom. The molecule has 3 heteroatoms. The molecule has 1 aromatic heterocycles. The Morgan fingerprint density at radius 1 is 1.41 bits per heavy atom. The van der Waals surface area contributed by atoms with E-state index in [0.717, 1.165) is 23.1 Å². The third kappa shape index (κ3) is 3.14. The molecule has 0 spiro atoms. The first-order valence-corrected chi connectivity index (χ1v) is 7.48. The number of hydrogen-bond donors (Lipinski definition) is 1. The monoisotopic (exact) mass is 299 g/mol. The minimum absolute atomic E-state index is 0.445. The van der Waals surface area contributed by atoms with E-state index in [9.17, 15) is 0 Å². The molecule has 2 nitrogen and oxygen atoms in total. The minimum Gasteiger partial charge on any atom is -0.457 e. The Bertz CT molecular complexity index is 342. The van der Waals surface area contributed by atoms with Gasteiger partial charge in [-0.2, -0.15) is 0 Å². The van der Waals surface area contributed by atoms with E-state index in [1.165, 1.54) is 31.2 Å². The van der Waals surface area contributed by atoms with Gasteiger partial charge in [0.05, 0.1) is 6.26 Å². The fourth-order valence-corrected chi connectivity index (χ4v) is 3.38. The highest BCUT2D eigenvalue weighted by molar-refractivity contribution is 9.10. The molecule has 1 aliphatic rings. The molecule has 0 radical (unpaired) electrons. The molecule has 1 fully saturated rings. The van der Waals surface area contributed by atoms with Crippen LogP contribution in [0.4, 0.5) is 0 Å². The molecule has 1 N–H and O–H groups in total. The zero-order valence-corrected chi connectivity index (χ0v) is 12.3. The largest absolute Gasteiger partial charge is 0.457 e. The molecule has 0 amide bonds. The van der Waals surface area contributed by atoms with Crippen molar-refractivity contribution in [3.8, 4) is 0 Å². The normalized spacial score (nSPS) is 27.0. The lowest BCUT2D eigenvalue weighted by atomic mass is 9.78. The third-order valence-corrected chi connectivity index (χ3v) is 4.58. The lowest BCUT2D eigenvalue weighted by Crippen LogP contribution is -2.30. The van der Waals surface area contributed by atoms with Gasteiger partial charge in [-0.1, -0.05) is 26.7 Å². The van der Waals surface area contributed by atoms with E-state index >= 15 is 0 Å². The second-order valence-corrected chi connectivity index (χ2v) is 5.93. The van der Waals surface area contributed by atoms with Crippen molar-refractivity contribution in [3.05, 3.63) is 22.6 Å². The third-order valence-electron chi connectivity index (χ3n) is 3.94. The van der Waals surface area contributed by atoms with Gasteiger partial charge >= 0.3 is 0 Å². The number of rotatable bonds is 4. The molecule has 17 heavy (non-hydrogen) atoms. The van der Waals surface area contributed by atoms with Gasteiger partial charge in [-0.15, -0.1) is 0 Å². The standard InChI is InChI=1S/C14H22BrNO/c1-3-16-13(12-8-9-17-14(12)15)11-6-4-10(2)5-7-11/h8-11,13,16H,3-7H2,1-2H3. The first-order chi connectivity index (χ1) is 8.22. The maximum Gasteiger partial charge on any atom is 0.173 e. The quantitative estimate of drug-likeness (QED) is 0.884. The van der Waals surface area contributed by atoms with Gasteiger partial charge in [0.15, 0.2) is 4.67 Å². The Morgan fingerprint density at radius 2 is 2.12 bits per heavy atom. The van der Waals surface area contributed by atoms with E-state index in [2.05, 4.69) is 41.2 Å². The van der Waals surface area contributed by atoms with Gasteiger partial charge in [0.1, 0.15) is 0 Å². The molecule has 96 valence electrons. The molecule has 2 rings (SSSR count). The summed E-state index contributed by atoms with van der Waals surface area (Å²) in [6, 6.07) is 2.54. The molecular formula is C14H22BrNO. The van der Waals surface area contributed by atoms with Crippen LogP contribution in [0, 0.1) is 11.8 Å². The molecule has 1 aromatic rings. The molecule has 0 bridgehead atoms. The van der Waals surface area contributed by atoms with Crippen molar-refractivity contribution >= 4 is 15.9 Å². The fourth-order valence-electron chi connectivity index (χ4n) is 2.90. The smallest absolute Gasteiger partial charge is 0.173 e. The molecule has 1 heterocycles. The van der Waals surface area contributed by atoms with E-state index in [1.54, 1.807) is 6.26 Å². The first kappa shape index (κ1) is 13.2. The SMILES string of the molecule is CCNC(c1ccoc1Br)C1CCC(C)CC1. The average molecular weight is 300 g/mol. The van der Waals surface area contributed by atoms with Crippen LogP contribution in [0.5, 0.6) is 0 Å². The van der Waals surface area contributed by atoms with Crippen LogP contribution in [0.15, 0.2) is 21.4 Å². The summed E-state index contributed by atoms with van der Waals surface area (Å²) in [4.78, 5) is 0. The summed E-state index contributed by atoms with van der Waals surface area (Å²) in [5.41, 5.74) is 1.28. The maximum absolute atomic E-state index is 5.38. The van der Waals surface area contributed by atoms with Crippen LogP contribution in [0.2, 0.25) is 0 Å². The van der Waals surface area contributed by atoms with Crippen molar-refractivity contribution in [3.63, 3.8) is 0 Å². The van der Waals surface area contributed by atoms with Gasteiger partial charge in [0.25, 0.3) is 0 Å². The number of nitrogens with one attached hydrogen (secondary N) is 1. The maximum atomic E-state index is 5.38. The van der Waals surface area contributed by atoms with E-state index in [4.69, 9.17) is 4.42 Å². The zero-order chi connectivity index (χ0) is 12.3. The summed E-state index contributed by atoms with van der Waals surface area (Å²) in [6.45, 7) is 5.55. The number of hydrogen-bond acceptors (Lipinski definition) is 2. The average Bonchev–Trinajstić information content (AvgIpc) is 2.74. The fraction of sp³-hybridized carbons (Fsp3) is 0.714. The van der Waals surface area contributed by atoms with Crippen molar-refractivity contribution in [2.24, 2.45) is 11.8 Å². The predicted octanol–water partition coefficient (Wildman–Crippen LogP) is 4.52. The van der Waals surface area contributed by atoms with Crippen molar-refractivity contribution in [1.82, 2.24) is 5.32 Å². The molecule has 0 aliphatic heterocycles. The second kappa shape index (κ2) is 6.05. The highest BCUT2D eigenvalue weighted by atomic mass is 79.9. The van der Waals surface area contributed by atoms with E-state index in [-0.39, 0.29) is 0 Å². The Kier molecular flexibility index (Phi) is 4.69. The predicted molar refractivity (Wildman–Crippen MR) is 73.9 cm³/mol. The summed E-state index contributed by atoms with van der Waals surface area (Å²) in [7, 11) is 0. The summed E-state index contributed by atoms with van der Waals surface area (Å²) in [5, 5.41) is 3.62. The topological polar surface area (TPSA) is 25.2 Å². The van der Waals surface area contributed by atoms with Gasteiger partial charge in [-0.25, -0.2) is 0 Å². The van der Waals surface area contributed by atoms with E-state index in [1.807, 2.05) is 0 Å². The van der Waals surface area contributed by atoms with E-state index in [0.29, 0.717) is 6.04 Å². The summed E-state index contributed by atoms with van der Waals surface area (Å²) in [6.07, 6.45) is 7.16. The molecule has 1 unspecified atom stereocenters. The Labute approximate surface area is 112 Å². The highest BCUT2D eigenvalue weighted by Crippen LogP contribution is 2.39. The van der Waals surface area contributed by atoms with Crippen LogP contribution in [0.1, 0.15) is 51.1 Å². The van der Waals surface area contributed by atoms with Crippen molar-refractivity contribution in [2.45, 2.75) is 45.6 Å². The van der Waals surface area contributed by atoms with Crippen LogP contribution in [-0.2, 0) is 0 Å². The van der Waals surface area contributed by atoms with Crippen molar-refractivity contribution in [2.75, 3.05) is 6.54 Å². The Balaban J connectivity index is 2.09. The highest BCUT2D eigenvalue weighted by Gasteiger charge is 2.28. The van der Waals surface area contributed by atoms with Gasteiger partial charge in [0.2, 0.25) is 0 Å². The van der Waals surface area contributed by atoms with Gasteiger partial charge in [-0.3, -0.25) is 0 Å². The van der Waals surface area contributed by atoms with Crippen LogP contribution in [0.3, 0.4) is 0 Å². The summed E-state index contributed by atoms with van der Waals surface area (Å²) < 4.78 is 6.27. The first-order valence-electron chi connectivity index (χ1n) is 6.68. The lowest BCUT2D eigenvalue weighted by Gasteiger charge is -2.33. The van der Waals surface area contributed by atoms with Gasteiger partial charge in [-0.05, 0) is 53.2 Å². The summed E-state index contributed by atoms with van der Waals surface area (Å²) >= 11 is 3.51. The van der Waals surface area contributed by atoms with Crippen LogP contribution in [-0.4, -0.2) is 6.54 Å². The van der Waals surface area contributed by atoms with Gasteiger partial charge in [0, 0.05) is 11.6 Å². The van der Waals surface area contributed by atoms with Crippen LogP contribution < -0.4 is 5.32 Å². The minimum atomic E-state index is 0.445. The molecular weight excluding hydrogens is 278 g/mol. The summed E-state index contributed by atoms with van der Waals surface area (Å²) in [5.74, 6) is 1.65. The van der Waals surface area contributed by atoms with Crippen LogP contribution >= 0.6 is 15.9 Å². The molecule has 0 saturated heterocycles. The second-order valence-electron chi connectivity index (χ2n) is 5.20. The molecule has 1 saturated carbocycles. The van der Waals surface area contributed by atoms with Crippen molar-refractivity contribution in [1.29, 1.82) is 0 Å². The van der Waals surface area contributed by atoms with Crippen LogP contribution in [0.25, 0.3) is 0 Å². The molecule has 0 aromatic carbocycles. The lowest BCUT2D eigenvalue weighted by molar-refractivity contribution is 0.232. The molecule has 1 atom stereocenters. The van der Waals surface area contributed by atoms with E-state index < -0.39 is 0 Å². The van der Waals surface area contributed by atoms with Crippen molar-refractivity contribution < 1.29 is 4.42 Å². The number of halogens is 1. The Hall–Kier alpha value is -0.280. The zero-order valence-electron chi connectivity index (χ0n) is 10.7.